The Morgan fingerprint density at radius 2 is 1.85 bits per heavy atom. The molecule has 1 N–H and O–H groups in total. The van der Waals surface area contributed by atoms with E-state index in [1.165, 1.54) is 0 Å². The van der Waals surface area contributed by atoms with Crippen molar-refractivity contribution < 1.29 is 14.6 Å². The standard InChI is InChI=1S/C10H18O3/c1-9(2)8(11)4-3-5-10(9)12-6-7-13-10/h8,11H,3-7H2,1-2H3. The smallest absolute Gasteiger partial charge is 0.175 e. The lowest BCUT2D eigenvalue weighted by Gasteiger charge is -2.48. The van der Waals surface area contributed by atoms with Crippen LogP contribution in [0, 0.1) is 5.41 Å². The van der Waals surface area contributed by atoms with E-state index in [1.54, 1.807) is 0 Å². The van der Waals surface area contributed by atoms with Crippen LogP contribution in [0.2, 0.25) is 0 Å². The van der Waals surface area contributed by atoms with Crippen LogP contribution in [0.25, 0.3) is 0 Å². The van der Waals surface area contributed by atoms with Crippen LogP contribution < -0.4 is 0 Å². The summed E-state index contributed by atoms with van der Waals surface area (Å²) in [7, 11) is 0. The predicted molar refractivity (Wildman–Crippen MR) is 48.3 cm³/mol. The molecule has 1 unspecified atom stereocenters. The van der Waals surface area contributed by atoms with E-state index in [4.69, 9.17) is 9.47 Å². The maximum absolute atomic E-state index is 9.90. The van der Waals surface area contributed by atoms with E-state index in [2.05, 4.69) is 0 Å². The van der Waals surface area contributed by atoms with Crippen LogP contribution in [0.4, 0.5) is 0 Å². The van der Waals surface area contributed by atoms with Gasteiger partial charge in [-0.15, -0.1) is 0 Å². The summed E-state index contributed by atoms with van der Waals surface area (Å²) in [4.78, 5) is 0. The first-order valence-electron chi connectivity index (χ1n) is 5.04. The second-order valence-electron chi connectivity index (χ2n) is 4.58. The van der Waals surface area contributed by atoms with Crippen molar-refractivity contribution in [3.8, 4) is 0 Å². The monoisotopic (exact) mass is 186 g/mol. The number of hydrogen-bond acceptors (Lipinski definition) is 3. The van der Waals surface area contributed by atoms with Gasteiger partial charge in [0.15, 0.2) is 5.79 Å². The Labute approximate surface area is 79.0 Å². The van der Waals surface area contributed by atoms with Crippen molar-refractivity contribution in [1.29, 1.82) is 0 Å². The Kier molecular flexibility index (Phi) is 2.13. The van der Waals surface area contributed by atoms with Crippen LogP contribution in [0.1, 0.15) is 33.1 Å². The van der Waals surface area contributed by atoms with Gasteiger partial charge in [0, 0.05) is 11.8 Å². The minimum absolute atomic E-state index is 0.276. The van der Waals surface area contributed by atoms with Crippen molar-refractivity contribution >= 4 is 0 Å². The van der Waals surface area contributed by atoms with Crippen LogP contribution in [0.15, 0.2) is 0 Å². The van der Waals surface area contributed by atoms with Gasteiger partial charge >= 0.3 is 0 Å². The van der Waals surface area contributed by atoms with Gasteiger partial charge in [0.05, 0.1) is 19.3 Å². The molecule has 1 saturated heterocycles. The molecule has 2 aliphatic rings. The first kappa shape index (κ1) is 9.44. The molecule has 2 fully saturated rings. The van der Waals surface area contributed by atoms with Crippen molar-refractivity contribution in [2.75, 3.05) is 13.2 Å². The second-order valence-corrected chi connectivity index (χ2v) is 4.58. The third-order valence-corrected chi connectivity index (χ3v) is 3.55. The van der Waals surface area contributed by atoms with Gasteiger partial charge < -0.3 is 14.6 Å². The van der Waals surface area contributed by atoms with Crippen molar-refractivity contribution in [1.82, 2.24) is 0 Å². The molecule has 1 spiro atoms. The van der Waals surface area contributed by atoms with Crippen molar-refractivity contribution in [3.63, 3.8) is 0 Å². The normalized spacial score (nSPS) is 36.7. The fourth-order valence-corrected chi connectivity index (χ4v) is 2.44. The van der Waals surface area contributed by atoms with E-state index < -0.39 is 5.79 Å². The number of aliphatic hydroxyl groups excluding tert-OH is 1. The minimum Gasteiger partial charge on any atom is -0.392 e. The van der Waals surface area contributed by atoms with Gasteiger partial charge in [0.2, 0.25) is 0 Å². The number of hydrogen-bond donors (Lipinski definition) is 1. The Balaban J connectivity index is 2.25. The Morgan fingerprint density at radius 1 is 1.23 bits per heavy atom. The quantitative estimate of drug-likeness (QED) is 0.619. The summed E-state index contributed by atoms with van der Waals surface area (Å²) < 4.78 is 11.4. The van der Waals surface area contributed by atoms with Crippen molar-refractivity contribution in [2.24, 2.45) is 5.41 Å². The summed E-state index contributed by atoms with van der Waals surface area (Å²) in [6.45, 7) is 5.39. The minimum atomic E-state index is -0.509. The van der Waals surface area contributed by atoms with E-state index in [1.807, 2.05) is 13.8 Å². The second kappa shape index (κ2) is 2.94. The van der Waals surface area contributed by atoms with Gasteiger partial charge in [0.25, 0.3) is 0 Å². The average molecular weight is 186 g/mol. The lowest BCUT2D eigenvalue weighted by Crippen LogP contribution is -2.55. The highest BCUT2D eigenvalue weighted by Gasteiger charge is 2.55. The van der Waals surface area contributed by atoms with E-state index in [-0.39, 0.29) is 11.5 Å². The van der Waals surface area contributed by atoms with Gasteiger partial charge in [-0.3, -0.25) is 0 Å². The lowest BCUT2D eigenvalue weighted by molar-refractivity contribution is -0.272. The SMILES string of the molecule is CC1(C)C(O)CCCC12OCCO2. The third-order valence-electron chi connectivity index (χ3n) is 3.55. The molecule has 1 aliphatic heterocycles. The van der Waals surface area contributed by atoms with Crippen LogP contribution >= 0.6 is 0 Å². The molecule has 0 aromatic carbocycles. The van der Waals surface area contributed by atoms with Crippen LogP contribution in [0.5, 0.6) is 0 Å². The summed E-state index contributed by atoms with van der Waals surface area (Å²) in [6.07, 6.45) is 2.46. The molecule has 0 amide bonds. The summed E-state index contributed by atoms with van der Waals surface area (Å²) >= 11 is 0. The fourth-order valence-electron chi connectivity index (χ4n) is 2.44. The molecule has 0 aromatic heterocycles. The van der Waals surface area contributed by atoms with E-state index in [9.17, 15) is 5.11 Å². The molecule has 2 rings (SSSR count). The summed E-state index contributed by atoms with van der Waals surface area (Å²) in [6, 6.07) is 0. The van der Waals surface area contributed by atoms with Gasteiger partial charge in [-0.2, -0.15) is 0 Å². The lowest BCUT2D eigenvalue weighted by atomic mass is 9.70. The maximum Gasteiger partial charge on any atom is 0.175 e. The molecule has 1 atom stereocenters. The molecule has 0 bridgehead atoms. The van der Waals surface area contributed by atoms with Gasteiger partial charge in [0.1, 0.15) is 0 Å². The highest BCUT2D eigenvalue weighted by Crippen LogP contribution is 2.48. The zero-order chi connectivity index (χ0) is 9.53. The van der Waals surface area contributed by atoms with E-state index in [0.717, 1.165) is 19.3 Å². The highest BCUT2D eigenvalue weighted by molar-refractivity contribution is 4.98. The molecule has 0 aromatic rings. The number of rotatable bonds is 0. The molecular weight excluding hydrogens is 168 g/mol. The average Bonchev–Trinajstić information content (AvgIpc) is 2.52. The molecule has 1 heterocycles. The molecule has 0 radical (unpaired) electrons. The Hall–Kier alpha value is -0.120. The first-order chi connectivity index (χ1) is 6.08. The van der Waals surface area contributed by atoms with Crippen molar-refractivity contribution in [2.45, 2.75) is 45.0 Å². The molecule has 3 heteroatoms. The zero-order valence-electron chi connectivity index (χ0n) is 8.38. The van der Waals surface area contributed by atoms with Crippen LogP contribution in [-0.4, -0.2) is 30.2 Å². The van der Waals surface area contributed by atoms with E-state index in [0.29, 0.717) is 13.2 Å². The number of ether oxygens (including phenoxy) is 2. The summed E-state index contributed by atoms with van der Waals surface area (Å²) in [5, 5.41) is 9.90. The van der Waals surface area contributed by atoms with E-state index >= 15 is 0 Å². The predicted octanol–water partition coefficient (Wildman–Crippen LogP) is 1.30. The van der Waals surface area contributed by atoms with Gasteiger partial charge in [-0.25, -0.2) is 0 Å². The van der Waals surface area contributed by atoms with Crippen LogP contribution in [0.3, 0.4) is 0 Å². The van der Waals surface area contributed by atoms with Gasteiger partial charge in [-0.1, -0.05) is 13.8 Å². The molecule has 1 aliphatic carbocycles. The molecule has 76 valence electrons. The number of aliphatic hydroxyl groups is 1. The topological polar surface area (TPSA) is 38.7 Å². The fraction of sp³-hybridized carbons (Fsp3) is 1.00. The first-order valence-corrected chi connectivity index (χ1v) is 5.04. The molecule has 13 heavy (non-hydrogen) atoms. The Morgan fingerprint density at radius 3 is 2.46 bits per heavy atom. The summed E-state index contributed by atoms with van der Waals surface area (Å²) in [5.74, 6) is -0.509. The zero-order valence-corrected chi connectivity index (χ0v) is 8.38. The molecule has 3 nitrogen and oxygen atoms in total. The molecular formula is C10H18O3. The van der Waals surface area contributed by atoms with Crippen LogP contribution in [-0.2, 0) is 9.47 Å². The third kappa shape index (κ3) is 1.22. The largest absolute Gasteiger partial charge is 0.392 e. The van der Waals surface area contributed by atoms with Gasteiger partial charge in [-0.05, 0) is 12.8 Å². The maximum atomic E-state index is 9.90. The van der Waals surface area contributed by atoms with Crippen molar-refractivity contribution in [3.05, 3.63) is 0 Å². The Bertz CT molecular complexity index is 194. The molecule has 1 saturated carbocycles. The summed E-state index contributed by atoms with van der Waals surface area (Å²) in [5.41, 5.74) is -0.276. The highest BCUT2D eigenvalue weighted by atomic mass is 16.7.